The number of aliphatic hydroxyl groups excluding tert-OH is 1. The first-order valence-electron chi connectivity index (χ1n) is 13.9. The Morgan fingerprint density at radius 3 is 2.51 bits per heavy atom. The molecule has 1 aromatic rings. The van der Waals surface area contributed by atoms with E-state index in [1.807, 2.05) is 6.92 Å². The fraction of sp³-hybridized carbons (Fsp3) is 0.484. The summed E-state index contributed by atoms with van der Waals surface area (Å²) in [6.07, 6.45) is 1.21. The van der Waals surface area contributed by atoms with E-state index in [4.69, 9.17) is 14.2 Å². The number of ether oxygens (including phenoxy) is 3. The van der Waals surface area contributed by atoms with Crippen LogP contribution < -0.4 is 0 Å². The van der Waals surface area contributed by atoms with Gasteiger partial charge in [0.15, 0.2) is 29.4 Å². The number of phenolic OH excluding ortho intramolecular Hbond substituents is 1. The molecule has 1 aromatic carbocycles. The smallest absolute Gasteiger partial charge is 0.198 e. The second kappa shape index (κ2) is 9.92. The zero-order valence-corrected chi connectivity index (χ0v) is 23.0. The first kappa shape index (κ1) is 27.9. The summed E-state index contributed by atoms with van der Waals surface area (Å²) in [7, 11) is 0. The number of rotatable bonds is 3. The molecule has 2 fully saturated rings. The molecule has 10 heteroatoms. The normalized spacial score (nSPS) is 37.0. The van der Waals surface area contributed by atoms with Crippen molar-refractivity contribution in [3.05, 3.63) is 63.8 Å². The van der Waals surface area contributed by atoms with Crippen molar-refractivity contribution in [3.63, 3.8) is 0 Å². The lowest BCUT2D eigenvalue weighted by Crippen LogP contribution is -2.46. The van der Waals surface area contributed by atoms with Gasteiger partial charge in [0.25, 0.3) is 0 Å². The third-order valence-corrected chi connectivity index (χ3v) is 8.79. The molecular weight excluding hydrogens is 532 g/mol. The molecule has 0 spiro atoms. The molecule has 5 aliphatic rings. The highest BCUT2D eigenvalue weighted by molar-refractivity contribution is 6.30. The van der Waals surface area contributed by atoms with Crippen molar-refractivity contribution >= 4 is 23.1 Å². The van der Waals surface area contributed by atoms with Gasteiger partial charge in [0, 0.05) is 40.2 Å². The number of Topliss-reactive ketones (excluding diaryl/α,β-unsaturated/α-hetero) is 3. The summed E-state index contributed by atoms with van der Waals surface area (Å²) < 4.78 is 17.8. The maximum absolute atomic E-state index is 13.7. The van der Waals surface area contributed by atoms with Gasteiger partial charge in [-0.2, -0.15) is 0 Å². The first-order valence-corrected chi connectivity index (χ1v) is 13.9. The molecule has 1 saturated carbocycles. The molecule has 0 bridgehead atoms. The summed E-state index contributed by atoms with van der Waals surface area (Å²) in [6, 6.07) is 3.01. The second-order valence-corrected chi connectivity index (χ2v) is 11.9. The maximum atomic E-state index is 13.7. The van der Waals surface area contributed by atoms with Gasteiger partial charge in [-0.15, -0.1) is 0 Å². The Balaban J connectivity index is 1.25. The summed E-state index contributed by atoms with van der Waals surface area (Å²) in [6.45, 7) is 4.99. The number of aliphatic hydroxyl groups is 2. The van der Waals surface area contributed by atoms with Crippen LogP contribution >= 0.6 is 0 Å². The van der Waals surface area contributed by atoms with Crippen molar-refractivity contribution < 1.29 is 48.7 Å². The zero-order valence-electron chi connectivity index (χ0n) is 23.0. The molecule has 2 heterocycles. The predicted octanol–water partition coefficient (Wildman–Crippen LogP) is 2.59. The molecule has 6 rings (SSSR count). The average molecular weight is 565 g/mol. The van der Waals surface area contributed by atoms with Crippen molar-refractivity contribution in [2.24, 2.45) is 5.92 Å². The fourth-order valence-electron chi connectivity index (χ4n) is 6.63. The molecule has 2 unspecified atom stereocenters. The van der Waals surface area contributed by atoms with Gasteiger partial charge < -0.3 is 29.5 Å². The Bertz CT molecular complexity index is 1460. The van der Waals surface area contributed by atoms with Gasteiger partial charge in [0.2, 0.25) is 0 Å². The largest absolute Gasteiger partial charge is 0.507 e. The van der Waals surface area contributed by atoms with E-state index >= 15 is 0 Å². The predicted molar refractivity (Wildman–Crippen MR) is 142 cm³/mol. The molecule has 216 valence electrons. The van der Waals surface area contributed by atoms with Crippen molar-refractivity contribution in [1.82, 2.24) is 0 Å². The summed E-state index contributed by atoms with van der Waals surface area (Å²) in [4.78, 5) is 51.7. The van der Waals surface area contributed by atoms with E-state index in [-0.39, 0.29) is 58.3 Å². The van der Waals surface area contributed by atoms with Gasteiger partial charge in [-0.3, -0.25) is 19.2 Å². The number of aromatic hydroxyl groups is 1. The molecule has 8 atom stereocenters. The Morgan fingerprint density at radius 1 is 1.05 bits per heavy atom. The maximum Gasteiger partial charge on any atom is 0.198 e. The molecule has 3 aliphatic carbocycles. The summed E-state index contributed by atoms with van der Waals surface area (Å²) in [5.41, 5.74) is -1.22. The molecule has 1 saturated heterocycles. The molecule has 2 aliphatic heterocycles. The number of fused-ring (bicyclic) bond motifs is 2. The van der Waals surface area contributed by atoms with Gasteiger partial charge in [-0.05, 0) is 64.3 Å². The van der Waals surface area contributed by atoms with E-state index in [2.05, 4.69) is 0 Å². The number of carbonyl (C=O) groups is 4. The number of phenols is 1. The highest BCUT2D eigenvalue weighted by Crippen LogP contribution is 2.47. The van der Waals surface area contributed by atoms with Crippen LogP contribution in [0.2, 0.25) is 0 Å². The van der Waals surface area contributed by atoms with Crippen LogP contribution in [0, 0.1) is 5.92 Å². The molecule has 0 amide bonds. The fourth-order valence-corrected chi connectivity index (χ4v) is 6.63. The SMILES string of the molecule is C[C@@H]1O[C@@H](O[C@H]2CC[C@H](c3ccc4c(c3O)C(=O)C3=C(C4=O)C(O)C4C[C@@](C)(O)CC(=O)C4=C3)O[C@@H]2C)C=CC1=O. The van der Waals surface area contributed by atoms with Gasteiger partial charge in [0.1, 0.15) is 11.9 Å². The minimum Gasteiger partial charge on any atom is -0.507 e. The Hall–Kier alpha value is -3.28. The minimum absolute atomic E-state index is 0.0326. The second-order valence-electron chi connectivity index (χ2n) is 11.9. The summed E-state index contributed by atoms with van der Waals surface area (Å²) in [5, 5.41) is 32.9. The number of ketones is 4. The first-order chi connectivity index (χ1) is 19.4. The van der Waals surface area contributed by atoms with E-state index in [0.717, 1.165) is 0 Å². The van der Waals surface area contributed by atoms with E-state index in [0.29, 0.717) is 18.4 Å². The lowest BCUT2D eigenvalue weighted by atomic mass is 9.65. The zero-order chi connectivity index (χ0) is 29.4. The molecular formula is C31H32O10. The number of carbonyl (C=O) groups excluding carboxylic acids is 4. The van der Waals surface area contributed by atoms with Crippen LogP contribution in [-0.4, -0.2) is 74.8 Å². The summed E-state index contributed by atoms with van der Waals surface area (Å²) >= 11 is 0. The third kappa shape index (κ3) is 4.64. The standard InChI is InChI=1S/C31H32O10/c1-13-20(32)6-9-24(40-13)41-22-7-8-23(39-14(22)2)15-4-5-16-25(27(15)34)29(36)18-10-17-19(30(37)26(18)28(16)35)11-31(3,38)12-21(17)33/h4-6,9-10,13-14,19,22-24,30,34,37-38H,7-8,11-12H2,1-3H3/t13-,14+,19?,22-,23+,24-,30?,31+/m0/s1. The summed E-state index contributed by atoms with van der Waals surface area (Å²) in [5.74, 6) is -2.95. The van der Waals surface area contributed by atoms with Crippen molar-refractivity contribution in [1.29, 1.82) is 0 Å². The number of hydrogen-bond donors (Lipinski definition) is 3. The quantitative estimate of drug-likeness (QED) is 0.499. The van der Waals surface area contributed by atoms with Gasteiger partial charge in [-0.1, -0.05) is 6.07 Å². The molecule has 0 radical (unpaired) electrons. The van der Waals surface area contributed by atoms with E-state index in [1.165, 1.54) is 25.1 Å². The lowest BCUT2D eigenvalue weighted by Gasteiger charge is -2.41. The number of benzene rings is 1. The molecule has 41 heavy (non-hydrogen) atoms. The number of hydrogen-bond acceptors (Lipinski definition) is 10. The van der Waals surface area contributed by atoms with Crippen LogP contribution in [-0.2, 0) is 23.8 Å². The monoisotopic (exact) mass is 564 g/mol. The average Bonchev–Trinajstić information content (AvgIpc) is 2.90. The van der Waals surface area contributed by atoms with Crippen LogP contribution in [0.25, 0.3) is 0 Å². The molecule has 10 nitrogen and oxygen atoms in total. The van der Waals surface area contributed by atoms with Crippen molar-refractivity contribution in [2.45, 2.75) is 88.9 Å². The van der Waals surface area contributed by atoms with Crippen LogP contribution in [0.15, 0.2) is 47.1 Å². The Morgan fingerprint density at radius 2 is 1.80 bits per heavy atom. The number of allylic oxidation sites excluding steroid dienone is 2. The van der Waals surface area contributed by atoms with E-state index in [1.54, 1.807) is 19.1 Å². The van der Waals surface area contributed by atoms with Crippen molar-refractivity contribution in [2.75, 3.05) is 0 Å². The van der Waals surface area contributed by atoms with Crippen molar-refractivity contribution in [3.8, 4) is 5.75 Å². The van der Waals surface area contributed by atoms with Crippen LogP contribution in [0.1, 0.15) is 78.8 Å². The lowest BCUT2D eigenvalue weighted by molar-refractivity contribution is -0.215. The van der Waals surface area contributed by atoms with Crippen LogP contribution in [0.4, 0.5) is 0 Å². The van der Waals surface area contributed by atoms with E-state index < -0.39 is 59.6 Å². The highest BCUT2D eigenvalue weighted by Gasteiger charge is 2.49. The minimum atomic E-state index is -1.43. The third-order valence-electron chi connectivity index (χ3n) is 8.79. The van der Waals surface area contributed by atoms with Crippen LogP contribution in [0.3, 0.4) is 0 Å². The molecule has 0 aromatic heterocycles. The van der Waals surface area contributed by atoms with Gasteiger partial charge in [0.05, 0.1) is 35.6 Å². The Labute approximate surface area is 236 Å². The van der Waals surface area contributed by atoms with E-state index in [9.17, 15) is 34.5 Å². The van der Waals surface area contributed by atoms with Gasteiger partial charge in [-0.25, -0.2) is 0 Å². The molecule has 3 N–H and O–H groups in total. The highest BCUT2D eigenvalue weighted by atomic mass is 16.7. The Kier molecular flexibility index (Phi) is 6.74. The van der Waals surface area contributed by atoms with Crippen LogP contribution in [0.5, 0.6) is 5.75 Å². The topological polar surface area (TPSA) is 157 Å². The van der Waals surface area contributed by atoms with Gasteiger partial charge >= 0.3 is 0 Å².